The van der Waals surface area contributed by atoms with E-state index >= 15 is 0 Å². The zero-order valence-corrected chi connectivity index (χ0v) is 16.3. The van der Waals surface area contributed by atoms with Gasteiger partial charge >= 0.3 is 5.97 Å². The van der Waals surface area contributed by atoms with Gasteiger partial charge in [-0.2, -0.15) is 0 Å². The molecule has 0 spiro atoms. The minimum Gasteiger partial charge on any atom is -0.443 e. The van der Waals surface area contributed by atoms with Crippen molar-refractivity contribution in [1.29, 1.82) is 0 Å². The molecule has 0 aliphatic heterocycles. The van der Waals surface area contributed by atoms with Crippen molar-refractivity contribution in [3.05, 3.63) is 64.5 Å². The van der Waals surface area contributed by atoms with Crippen molar-refractivity contribution >= 4 is 34.1 Å². The summed E-state index contributed by atoms with van der Waals surface area (Å²) >= 11 is 1.30. The lowest BCUT2D eigenvalue weighted by molar-refractivity contribution is -0.131. The van der Waals surface area contributed by atoms with Crippen LogP contribution in [0.5, 0.6) is 0 Å². The monoisotopic (exact) mass is 394 g/mol. The van der Waals surface area contributed by atoms with Gasteiger partial charge in [0.15, 0.2) is 0 Å². The van der Waals surface area contributed by atoms with Crippen LogP contribution in [0.3, 0.4) is 0 Å². The number of fused-ring (bicyclic) bond motifs is 1. The highest BCUT2D eigenvalue weighted by molar-refractivity contribution is 7.11. The van der Waals surface area contributed by atoms with Crippen LogP contribution in [0.4, 0.5) is 0 Å². The zero-order valence-electron chi connectivity index (χ0n) is 15.5. The first-order valence-corrected chi connectivity index (χ1v) is 10.5. The second kappa shape index (κ2) is 8.52. The molecule has 0 saturated heterocycles. The Morgan fingerprint density at radius 3 is 2.75 bits per heavy atom. The predicted octanol–water partition coefficient (Wildman–Crippen LogP) is 4.64. The van der Waals surface area contributed by atoms with E-state index in [1.807, 2.05) is 35.7 Å². The Kier molecular flexibility index (Phi) is 5.67. The summed E-state index contributed by atoms with van der Waals surface area (Å²) < 4.78 is 5.67. The van der Waals surface area contributed by atoms with E-state index < -0.39 is 12.1 Å². The molecule has 144 valence electrons. The first-order valence-electron chi connectivity index (χ1n) is 9.60. The van der Waals surface area contributed by atoms with E-state index in [0.717, 1.165) is 36.6 Å². The number of pyridine rings is 1. The molecular weight excluding hydrogens is 372 g/mol. The highest BCUT2D eigenvalue weighted by Gasteiger charge is 2.28. The van der Waals surface area contributed by atoms with E-state index in [4.69, 9.17) is 4.74 Å². The Labute approximate surface area is 167 Å². The molecule has 1 aliphatic rings. The summed E-state index contributed by atoms with van der Waals surface area (Å²) in [6.07, 6.45) is 6.13. The molecule has 28 heavy (non-hydrogen) atoms. The summed E-state index contributed by atoms with van der Waals surface area (Å²) in [5.74, 6) is -0.745. The highest BCUT2D eigenvalue weighted by atomic mass is 32.1. The summed E-state index contributed by atoms with van der Waals surface area (Å²) in [4.78, 5) is 30.4. The van der Waals surface area contributed by atoms with Crippen molar-refractivity contribution in [3.63, 3.8) is 0 Å². The lowest BCUT2D eigenvalue weighted by Gasteiger charge is -2.25. The number of rotatable bonds is 5. The number of carbonyl (C=O) groups excluding carboxylic acids is 2. The fraction of sp³-hybridized carbons (Fsp3) is 0.318. The average molecular weight is 394 g/mol. The number of nitrogens with zero attached hydrogens (tertiary/aromatic N) is 1. The van der Waals surface area contributed by atoms with Gasteiger partial charge in [0.1, 0.15) is 4.88 Å². The van der Waals surface area contributed by atoms with E-state index in [-0.39, 0.29) is 11.9 Å². The van der Waals surface area contributed by atoms with Crippen LogP contribution < -0.4 is 5.32 Å². The first kappa shape index (κ1) is 18.6. The number of carbonyl (C=O) groups is 2. The molecule has 0 bridgehead atoms. The van der Waals surface area contributed by atoms with Gasteiger partial charge in [0.05, 0.1) is 5.52 Å². The molecular formula is C22H22N2O3S. The van der Waals surface area contributed by atoms with Gasteiger partial charge in [-0.15, -0.1) is 11.3 Å². The minimum absolute atomic E-state index is 0.145. The van der Waals surface area contributed by atoms with Gasteiger partial charge in [0.2, 0.25) is 6.10 Å². The fourth-order valence-corrected chi connectivity index (χ4v) is 4.22. The fourth-order valence-electron chi connectivity index (χ4n) is 3.61. The van der Waals surface area contributed by atoms with Gasteiger partial charge in [0, 0.05) is 23.2 Å². The maximum Gasteiger partial charge on any atom is 0.349 e. The molecule has 0 radical (unpaired) electrons. The van der Waals surface area contributed by atoms with Crippen LogP contribution in [0.1, 0.15) is 53.4 Å². The third kappa shape index (κ3) is 4.22. The summed E-state index contributed by atoms with van der Waals surface area (Å²) in [6, 6.07) is 12.9. The molecule has 6 heteroatoms. The summed E-state index contributed by atoms with van der Waals surface area (Å²) in [6.45, 7) is 0. The number of nitrogens with one attached hydrogen (secondary N) is 1. The molecule has 0 unspecified atom stereocenters. The predicted molar refractivity (Wildman–Crippen MR) is 109 cm³/mol. The van der Waals surface area contributed by atoms with E-state index in [0.29, 0.717) is 10.4 Å². The largest absolute Gasteiger partial charge is 0.443 e. The average Bonchev–Trinajstić information content (AvgIpc) is 3.27. The number of hydrogen-bond acceptors (Lipinski definition) is 5. The number of amides is 1. The van der Waals surface area contributed by atoms with Crippen molar-refractivity contribution in [1.82, 2.24) is 10.3 Å². The van der Waals surface area contributed by atoms with Crippen LogP contribution in [0.15, 0.2) is 54.0 Å². The molecule has 4 rings (SSSR count). The van der Waals surface area contributed by atoms with Gasteiger partial charge in [-0.1, -0.05) is 37.5 Å². The second-order valence-electron chi connectivity index (χ2n) is 7.06. The highest BCUT2D eigenvalue weighted by Crippen LogP contribution is 2.26. The molecule has 1 saturated carbocycles. The number of hydrogen-bond donors (Lipinski definition) is 1. The van der Waals surface area contributed by atoms with Gasteiger partial charge in [0.25, 0.3) is 5.91 Å². The molecule has 3 aromatic rings. The van der Waals surface area contributed by atoms with Gasteiger partial charge in [-0.05, 0) is 42.5 Å². The summed E-state index contributed by atoms with van der Waals surface area (Å²) in [5, 5.41) is 5.81. The molecule has 1 amide bonds. The first-order chi connectivity index (χ1) is 13.7. The Hall–Kier alpha value is -2.73. The van der Waals surface area contributed by atoms with E-state index in [1.54, 1.807) is 18.3 Å². The molecule has 1 aliphatic carbocycles. The minimum atomic E-state index is -0.985. The Morgan fingerprint density at radius 1 is 1.11 bits per heavy atom. The summed E-state index contributed by atoms with van der Waals surface area (Å²) in [7, 11) is 0. The van der Waals surface area contributed by atoms with Crippen LogP contribution in [0.2, 0.25) is 0 Å². The zero-order chi connectivity index (χ0) is 19.3. The van der Waals surface area contributed by atoms with E-state index in [1.165, 1.54) is 17.8 Å². The van der Waals surface area contributed by atoms with E-state index in [9.17, 15) is 9.59 Å². The number of aromatic nitrogens is 1. The van der Waals surface area contributed by atoms with Crippen LogP contribution in [0, 0.1) is 0 Å². The molecule has 1 fully saturated rings. The van der Waals surface area contributed by atoms with Crippen LogP contribution in [-0.4, -0.2) is 22.9 Å². The third-order valence-electron chi connectivity index (χ3n) is 5.07. The van der Waals surface area contributed by atoms with Crippen LogP contribution in [-0.2, 0) is 9.53 Å². The number of benzene rings is 1. The Bertz CT molecular complexity index is 965. The molecule has 2 aromatic heterocycles. The van der Waals surface area contributed by atoms with Gasteiger partial charge in [-0.25, -0.2) is 4.79 Å². The molecule has 1 atom stereocenters. The lowest BCUT2D eigenvalue weighted by atomic mass is 9.95. The van der Waals surface area contributed by atoms with Crippen molar-refractivity contribution in [2.45, 2.75) is 44.2 Å². The van der Waals surface area contributed by atoms with Crippen molar-refractivity contribution in [3.8, 4) is 0 Å². The number of thiophene rings is 1. The van der Waals surface area contributed by atoms with Crippen molar-refractivity contribution in [2.75, 3.05) is 0 Å². The van der Waals surface area contributed by atoms with Gasteiger partial charge in [-0.3, -0.25) is 9.78 Å². The van der Waals surface area contributed by atoms with Crippen molar-refractivity contribution < 1.29 is 14.3 Å². The standard InChI is InChI=1S/C22H22N2O3S/c25-21(24-17-7-2-1-3-8-17)20(27-22(26)19-9-5-13-28-19)16-10-11-18-15(14-16)6-4-12-23-18/h4-6,9-14,17,20H,1-3,7-8H2,(H,24,25)/t20-/m1/s1. The van der Waals surface area contributed by atoms with Crippen LogP contribution >= 0.6 is 11.3 Å². The molecule has 1 N–H and O–H groups in total. The SMILES string of the molecule is O=C(O[C@@H](C(=O)NC1CCCCC1)c1ccc2ncccc2c1)c1cccs1. The Balaban J connectivity index is 1.61. The normalized spacial score (nSPS) is 15.9. The Morgan fingerprint density at radius 2 is 1.96 bits per heavy atom. The lowest BCUT2D eigenvalue weighted by Crippen LogP contribution is -2.40. The second-order valence-corrected chi connectivity index (χ2v) is 8.01. The molecule has 2 heterocycles. The maximum atomic E-state index is 13.1. The molecule has 5 nitrogen and oxygen atoms in total. The number of esters is 1. The maximum absolute atomic E-state index is 13.1. The number of ether oxygens (including phenoxy) is 1. The summed E-state index contributed by atoms with van der Waals surface area (Å²) in [5.41, 5.74) is 1.49. The quantitative estimate of drug-likeness (QED) is 0.640. The van der Waals surface area contributed by atoms with Crippen LogP contribution in [0.25, 0.3) is 10.9 Å². The topological polar surface area (TPSA) is 68.3 Å². The third-order valence-corrected chi connectivity index (χ3v) is 5.92. The smallest absolute Gasteiger partial charge is 0.349 e. The van der Waals surface area contributed by atoms with Gasteiger partial charge < -0.3 is 10.1 Å². The van der Waals surface area contributed by atoms with Crippen molar-refractivity contribution in [2.24, 2.45) is 0 Å². The molecule has 1 aromatic carbocycles. The van der Waals surface area contributed by atoms with E-state index in [2.05, 4.69) is 10.3 Å².